The minimum Gasteiger partial charge on any atom is -0.508 e. The Morgan fingerprint density at radius 2 is 1.83 bits per heavy atom. The van der Waals surface area contributed by atoms with Gasteiger partial charge in [-0.25, -0.2) is 0 Å². The normalized spacial score (nSPS) is 15.5. The summed E-state index contributed by atoms with van der Waals surface area (Å²) < 4.78 is 0. The summed E-state index contributed by atoms with van der Waals surface area (Å²) in [7, 11) is 1.84. The first kappa shape index (κ1) is 24.5. The van der Waals surface area contributed by atoms with Crippen molar-refractivity contribution in [2.45, 2.75) is 45.2 Å². The number of hydrogen-bond donors (Lipinski definition) is 3. The highest BCUT2D eigenvalue weighted by atomic mass is 127. The molecule has 3 N–H and O–H groups in total. The third-order valence-electron chi connectivity index (χ3n) is 5.51. The van der Waals surface area contributed by atoms with E-state index in [9.17, 15) is 5.11 Å². The Labute approximate surface area is 198 Å². The summed E-state index contributed by atoms with van der Waals surface area (Å²) in [4.78, 5) is 6.92. The minimum atomic E-state index is 0. The fraction of sp³-hybridized carbons (Fsp3) is 0.458. The van der Waals surface area contributed by atoms with Gasteiger partial charge in [-0.2, -0.15) is 0 Å². The third kappa shape index (κ3) is 8.14. The van der Waals surface area contributed by atoms with Gasteiger partial charge in [0.2, 0.25) is 0 Å². The average Bonchev–Trinajstić information content (AvgIpc) is 2.73. The van der Waals surface area contributed by atoms with E-state index in [2.05, 4.69) is 51.7 Å². The van der Waals surface area contributed by atoms with Gasteiger partial charge in [-0.3, -0.25) is 9.89 Å². The van der Waals surface area contributed by atoms with Crippen molar-refractivity contribution in [2.24, 2.45) is 4.99 Å². The maximum absolute atomic E-state index is 9.35. The average molecular weight is 522 g/mol. The summed E-state index contributed by atoms with van der Waals surface area (Å²) in [6.45, 7) is 6.31. The van der Waals surface area contributed by atoms with Crippen LogP contribution in [0.1, 0.15) is 36.0 Å². The minimum absolute atomic E-state index is 0. The van der Waals surface area contributed by atoms with E-state index in [4.69, 9.17) is 0 Å². The quantitative estimate of drug-likeness (QED) is 0.222. The van der Waals surface area contributed by atoms with E-state index in [1.54, 1.807) is 12.1 Å². The summed E-state index contributed by atoms with van der Waals surface area (Å²) >= 11 is 0. The van der Waals surface area contributed by atoms with E-state index in [0.29, 0.717) is 11.8 Å². The van der Waals surface area contributed by atoms with Crippen LogP contribution >= 0.6 is 24.0 Å². The van der Waals surface area contributed by atoms with Gasteiger partial charge in [0.1, 0.15) is 5.75 Å². The van der Waals surface area contributed by atoms with Gasteiger partial charge in [0.15, 0.2) is 5.96 Å². The molecule has 0 aromatic heterocycles. The molecule has 0 amide bonds. The summed E-state index contributed by atoms with van der Waals surface area (Å²) in [6.07, 6.45) is 4.29. The monoisotopic (exact) mass is 522 g/mol. The molecule has 0 atom stereocenters. The van der Waals surface area contributed by atoms with E-state index in [-0.39, 0.29) is 24.0 Å². The first-order chi connectivity index (χ1) is 14.1. The Balaban J connectivity index is 0.00000320. The number of phenols is 1. The highest BCUT2D eigenvalue weighted by Gasteiger charge is 2.20. The molecular formula is C24H35IN4O. The topological polar surface area (TPSA) is 59.9 Å². The Bertz CT molecular complexity index is 786. The molecule has 0 aliphatic carbocycles. The molecular weight excluding hydrogens is 487 g/mol. The number of nitrogens with zero attached hydrogens (tertiary/aromatic N) is 2. The van der Waals surface area contributed by atoms with Gasteiger partial charge in [0.05, 0.1) is 0 Å². The van der Waals surface area contributed by atoms with Gasteiger partial charge in [0, 0.05) is 39.3 Å². The number of aromatic hydroxyl groups is 1. The van der Waals surface area contributed by atoms with Gasteiger partial charge in [-0.1, -0.05) is 42.0 Å². The number of aliphatic imine (C=N–C) groups is 1. The zero-order valence-electron chi connectivity index (χ0n) is 18.1. The zero-order valence-corrected chi connectivity index (χ0v) is 20.4. The van der Waals surface area contributed by atoms with Crippen LogP contribution in [0, 0.1) is 6.92 Å². The molecule has 1 aliphatic heterocycles. The number of halogens is 1. The van der Waals surface area contributed by atoms with Crippen molar-refractivity contribution in [3.8, 4) is 5.75 Å². The molecule has 1 aliphatic rings. The van der Waals surface area contributed by atoms with E-state index in [1.807, 2.05) is 19.2 Å². The van der Waals surface area contributed by atoms with Crippen molar-refractivity contribution in [3.05, 3.63) is 65.2 Å². The summed E-state index contributed by atoms with van der Waals surface area (Å²) in [6, 6.07) is 16.7. The van der Waals surface area contributed by atoms with Crippen molar-refractivity contribution in [1.29, 1.82) is 0 Å². The molecule has 5 nitrogen and oxygen atoms in total. The van der Waals surface area contributed by atoms with Gasteiger partial charge >= 0.3 is 0 Å². The lowest BCUT2D eigenvalue weighted by atomic mass is 10.0. The van der Waals surface area contributed by atoms with Crippen molar-refractivity contribution in [1.82, 2.24) is 15.5 Å². The highest BCUT2D eigenvalue weighted by Crippen LogP contribution is 2.15. The molecule has 30 heavy (non-hydrogen) atoms. The molecule has 1 saturated heterocycles. The maximum atomic E-state index is 9.35. The Morgan fingerprint density at radius 3 is 2.50 bits per heavy atom. The lowest BCUT2D eigenvalue weighted by Crippen LogP contribution is -2.48. The predicted octanol–water partition coefficient (Wildman–Crippen LogP) is 4.08. The fourth-order valence-corrected chi connectivity index (χ4v) is 3.85. The number of guanidine groups is 1. The summed E-state index contributed by atoms with van der Waals surface area (Å²) in [5, 5.41) is 16.4. The SMILES string of the molecule is CN=C(NCCCc1ccc(O)cc1)NC1CCN(Cc2cccc(C)c2)CC1.I. The van der Waals surface area contributed by atoms with Crippen LogP contribution in [0.3, 0.4) is 0 Å². The molecule has 1 heterocycles. The molecule has 0 saturated carbocycles. The van der Waals surface area contributed by atoms with Crippen LogP contribution in [0.5, 0.6) is 5.75 Å². The number of rotatable bonds is 7. The molecule has 164 valence electrons. The van der Waals surface area contributed by atoms with Crippen molar-refractivity contribution in [2.75, 3.05) is 26.7 Å². The fourth-order valence-electron chi connectivity index (χ4n) is 3.85. The van der Waals surface area contributed by atoms with Crippen LogP contribution < -0.4 is 10.6 Å². The first-order valence-electron chi connectivity index (χ1n) is 10.7. The standard InChI is InChI=1S/C24H34N4O.HI/c1-19-5-3-6-21(17-19)18-28-15-12-22(13-16-28)27-24(25-2)26-14-4-7-20-8-10-23(29)11-9-20;/h3,5-6,8-11,17,22,29H,4,7,12-16,18H2,1-2H3,(H2,25,26,27);1H. The number of likely N-dealkylation sites (tertiary alicyclic amines) is 1. The molecule has 3 rings (SSSR count). The van der Waals surface area contributed by atoms with Crippen LogP contribution in [0.15, 0.2) is 53.5 Å². The van der Waals surface area contributed by atoms with Gasteiger partial charge in [-0.15, -0.1) is 24.0 Å². The summed E-state index contributed by atoms with van der Waals surface area (Å²) in [5.74, 6) is 1.22. The van der Waals surface area contributed by atoms with Crippen molar-refractivity contribution >= 4 is 29.9 Å². The molecule has 1 fully saturated rings. The lowest BCUT2D eigenvalue weighted by molar-refractivity contribution is 0.198. The first-order valence-corrected chi connectivity index (χ1v) is 10.7. The number of benzene rings is 2. The highest BCUT2D eigenvalue weighted by molar-refractivity contribution is 14.0. The van der Waals surface area contributed by atoms with Crippen molar-refractivity contribution < 1.29 is 5.11 Å². The molecule has 0 unspecified atom stereocenters. The number of aryl methyl sites for hydroxylation is 2. The predicted molar refractivity (Wildman–Crippen MR) is 136 cm³/mol. The molecule has 0 spiro atoms. The van der Waals surface area contributed by atoms with Gasteiger partial charge < -0.3 is 15.7 Å². The van der Waals surface area contributed by atoms with Crippen LogP contribution in [0.4, 0.5) is 0 Å². The van der Waals surface area contributed by atoms with E-state index < -0.39 is 0 Å². The Kier molecular flexibility index (Phi) is 10.4. The summed E-state index contributed by atoms with van der Waals surface area (Å²) in [5.41, 5.74) is 3.98. The molecule has 0 radical (unpaired) electrons. The Morgan fingerprint density at radius 1 is 1.10 bits per heavy atom. The van der Waals surface area contributed by atoms with E-state index in [0.717, 1.165) is 57.8 Å². The van der Waals surface area contributed by atoms with E-state index in [1.165, 1.54) is 16.7 Å². The largest absolute Gasteiger partial charge is 0.508 e. The van der Waals surface area contributed by atoms with Crippen LogP contribution in [-0.2, 0) is 13.0 Å². The van der Waals surface area contributed by atoms with Crippen LogP contribution in [0.25, 0.3) is 0 Å². The molecule has 2 aromatic carbocycles. The van der Waals surface area contributed by atoms with E-state index >= 15 is 0 Å². The second-order valence-electron chi connectivity index (χ2n) is 7.95. The molecule has 0 bridgehead atoms. The maximum Gasteiger partial charge on any atom is 0.191 e. The number of hydrogen-bond acceptors (Lipinski definition) is 3. The smallest absolute Gasteiger partial charge is 0.191 e. The Hall–Kier alpha value is -1.80. The van der Waals surface area contributed by atoms with Crippen LogP contribution in [-0.4, -0.2) is 48.7 Å². The van der Waals surface area contributed by atoms with Gasteiger partial charge in [-0.05, 0) is 55.9 Å². The van der Waals surface area contributed by atoms with Crippen molar-refractivity contribution in [3.63, 3.8) is 0 Å². The van der Waals surface area contributed by atoms with Gasteiger partial charge in [0.25, 0.3) is 0 Å². The number of nitrogens with one attached hydrogen (secondary N) is 2. The van der Waals surface area contributed by atoms with Crippen LogP contribution in [0.2, 0.25) is 0 Å². The number of piperidine rings is 1. The number of phenolic OH excluding ortho intramolecular Hbond substituents is 1. The molecule has 6 heteroatoms. The molecule has 2 aromatic rings. The zero-order chi connectivity index (χ0) is 20.5. The third-order valence-corrected chi connectivity index (χ3v) is 5.51. The lowest BCUT2D eigenvalue weighted by Gasteiger charge is -2.33. The second-order valence-corrected chi connectivity index (χ2v) is 7.95. The second kappa shape index (κ2) is 12.8.